The molecule has 0 bridgehead atoms. The first-order valence-corrected chi connectivity index (χ1v) is 7.28. The average molecular weight is 322 g/mol. The van der Waals surface area contributed by atoms with Crippen molar-refractivity contribution in [1.82, 2.24) is 15.0 Å². The first-order chi connectivity index (χ1) is 10.6. The SMILES string of the molecule is CC(C)(C)c1ncc2c(n1)CN(c1cc(C(F)(F)F)ccn1)C2. The monoisotopic (exact) mass is 322 g/mol. The van der Waals surface area contributed by atoms with Crippen LogP contribution in [0, 0.1) is 0 Å². The number of hydrogen-bond acceptors (Lipinski definition) is 4. The summed E-state index contributed by atoms with van der Waals surface area (Å²) in [5, 5.41) is 0. The average Bonchev–Trinajstić information content (AvgIpc) is 2.88. The van der Waals surface area contributed by atoms with Crippen molar-refractivity contribution < 1.29 is 13.2 Å². The third kappa shape index (κ3) is 3.13. The molecule has 0 unspecified atom stereocenters. The van der Waals surface area contributed by atoms with Gasteiger partial charge in [-0.3, -0.25) is 0 Å². The normalized spacial score (nSPS) is 15.0. The number of halogens is 3. The molecule has 1 aliphatic heterocycles. The van der Waals surface area contributed by atoms with E-state index in [1.54, 1.807) is 11.1 Å². The minimum atomic E-state index is -4.37. The van der Waals surface area contributed by atoms with Crippen molar-refractivity contribution in [3.63, 3.8) is 0 Å². The van der Waals surface area contributed by atoms with Crippen LogP contribution in [0.1, 0.15) is 43.4 Å². The van der Waals surface area contributed by atoms with Gasteiger partial charge in [0.05, 0.1) is 17.8 Å². The molecule has 3 heterocycles. The molecular formula is C16H17F3N4. The van der Waals surface area contributed by atoms with Crippen molar-refractivity contribution in [3.8, 4) is 0 Å². The van der Waals surface area contributed by atoms with Crippen LogP contribution in [0.15, 0.2) is 24.5 Å². The summed E-state index contributed by atoms with van der Waals surface area (Å²) < 4.78 is 38.5. The topological polar surface area (TPSA) is 41.9 Å². The van der Waals surface area contributed by atoms with Crippen LogP contribution in [-0.4, -0.2) is 15.0 Å². The van der Waals surface area contributed by atoms with Crippen molar-refractivity contribution in [3.05, 3.63) is 47.2 Å². The minimum absolute atomic E-state index is 0.170. The lowest BCUT2D eigenvalue weighted by Gasteiger charge is -2.17. The quantitative estimate of drug-likeness (QED) is 0.803. The molecule has 0 N–H and O–H groups in total. The summed E-state index contributed by atoms with van der Waals surface area (Å²) in [6.45, 7) is 6.98. The number of fused-ring (bicyclic) bond motifs is 1. The lowest BCUT2D eigenvalue weighted by molar-refractivity contribution is -0.137. The molecule has 0 aromatic carbocycles. The van der Waals surface area contributed by atoms with E-state index >= 15 is 0 Å². The number of alkyl halides is 3. The Hall–Kier alpha value is -2.18. The highest BCUT2D eigenvalue weighted by molar-refractivity contribution is 5.46. The number of nitrogens with zero attached hydrogens (tertiary/aromatic N) is 4. The second kappa shape index (κ2) is 5.18. The maximum absolute atomic E-state index is 12.8. The first-order valence-electron chi connectivity index (χ1n) is 7.28. The fraction of sp³-hybridized carbons (Fsp3) is 0.438. The van der Waals surface area contributed by atoms with Crippen LogP contribution < -0.4 is 4.90 Å². The number of hydrogen-bond donors (Lipinski definition) is 0. The summed E-state index contributed by atoms with van der Waals surface area (Å²) >= 11 is 0. The van der Waals surface area contributed by atoms with Gasteiger partial charge in [0, 0.05) is 29.9 Å². The Morgan fingerprint density at radius 1 is 1.09 bits per heavy atom. The van der Waals surface area contributed by atoms with Gasteiger partial charge in [0.2, 0.25) is 0 Å². The third-order valence-electron chi connectivity index (χ3n) is 3.72. The van der Waals surface area contributed by atoms with Crippen molar-refractivity contribution in [2.45, 2.75) is 45.5 Å². The summed E-state index contributed by atoms with van der Waals surface area (Å²) in [5.41, 5.74) is 0.915. The van der Waals surface area contributed by atoms with Crippen molar-refractivity contribution in [2.75, 3.05) is 4.90 Å². The number of pyridine rings is 1. The number of rotatable bonds is 1. The van der Waals surface area contributed by atoms with Crippen LogP contribution in [0.4, 0.5) is 19.0 Å². The lowest BCUT2D eigenvalue weighted by atomic mass is 9.95. The second-order valence-corrected chi connectivity index (χ2v) is 6.67. The van der Waals surface area contributed by atoms with E-state index in [-0.39, 0.29) is 5.41 Å². The molecule has 1 aliphatic rings. The molecule has 23 heavy (non-hydrogen) atoms. The molecule has 2 aromatic heterocycles. The summed E-state index contributed by atoms with van der Waals surface area (Å²) in [4.78, 5) is 14.8. The molecule has 0 atom stereocenters. The van der Waals surface area contributed by atoms with Gasteiger partial charge in [-0.1, -0.05) is 20.8 Å². The molecule has 0 spiro atoms. The standard InChI is InChI=1S/C16H17F3N4/c1-15(2,3)14-21-7-10-8-23(9-12(10)22-14)13-6-11(4-5-20-13)16(17,18)19/h4-7H,8-9H2,1-3H3. The van der Waals surface area contributed by atoms with Crippen LogP contribution in [0.5, 0.6) is 0 Å². The minimum Gasteiger partial charge on any atom is -0.346 e. The Labute approximate surface area is 132 Å². The van der Waals surface area contributed by atoms with Gasteiger partial charge in [0.25, 0.3) is 0 Å². The Kier molecular flexibility index (Phi) is 3.54. The molecule has 4 nitrogen and oxygen atoms in total. The maximum atomic E-state index is 12.8. The van der Waals surface area contributed by atoms with Gasteiger partial charge in [0.1, 0.15) is 11.6 Å². The van der Waals surface area contributed by atoms with E-state index in [4.69, 9.17) is 0 Å². The maximum Gasteiger partial charge on any atom is 0.416 e. The molecule has 0 saturated heterocycles. The zero-order valence-corrected chi connectivity index (χ0v) is 13.1. The van der Waals surface area contributed by atoms with Gasteiger partial charge >= 0.3 is 6.18 Å². The van der Waals surface area contributed by atoms with Crippen molar-refractivity contribution >= 4 is 5.82 Å². The zero-order chi connectivity index (χ0) is 16.8. The van der Waals surface area contributed by atoms with Crippen LogP contribution >= 0.6 is 0 Å². The Morgan fingerprint density at radius 2 is 1.83 bits per heavy atom. The first kappa shape index (κ1) is 15.7. The van der Waals surface area contributed by atoms with Gasteiger partial charge in [-0.2, -0.15) is 13.2 Å². The summed E-state index contributed by atoms with van der Waals surface area (Å²) in [6, 6.07) is 2.05. The molecule has 7 heteroatoms. The summed E-state index contributed by atoms with van der Waals surface area (Å²) in [5.74, 6) is 1.03. The molecule has 122 valence electrons. The van der Waals surface area contributed by atoms with Crippen LogP contribution in [0.3, 0.4) is 0 Å². The van der Waals surface area contributed by atoms with E-state index in [1.807, 2.05) is 20.8 Å². The van der Waals surface area contributed by atoms with E-state index in [0.29, 0.717) is 18.9 Å². The van der Waals surface area contributed by atoms with Crippen LogP contribution in [0.2, 0.25) is 0 Å². The highest BCUT2D eigenvalue weighted by Crippen LogP contribution is 2.33. The Morgan fingerprint density at radius 3 is 2.48 bits per heavy atom. The highest BCUT2D eigenvalue weighted by Gasteiger charge is 2.32. The molecule has 0 radical (unpaired) electrons. The number of anilines is 1. The molecule has 0 saturated carbocycles. The van der Waals surface area contributed by atoms with Crippen molar-refractivity contribution in [2.24, 2.45) is 0 Å². The second-order valence-electron chi connectivity index (χ2n) is 6.67. The van der Waals surface area contributed by atoms with Gasteiger partial charge in [-0.15, -0.1) is 0 Å². The van der Waals surface area contributed by atoms with Gasteiger partial charge in [-0.25, -0.2) is 15.0 Å². The number of aromatic nitrogens is 3. The lowest BCUT2D eigenvalue weighted by Crippen LogP contribution is -2.18. The highest BCUT2D eigenvalue weighted by atomic mass is 19.4. The zero-order valence-electron chi connectivity index (χ0n) is 13.1. The third-order valence-corrected chi connectivity index (χ3v) is 3.72. The van der Waals surface area contributed by atoms with Gasteiger partial charge < -0.3 is 4.90 Å². The van der Waals surface area contributed by atoms with E-state index in [0.717, 1.165) is 29.2 Å². The predicted octanol–water partition coefficient (Wildman–Crippen LogP) is 3.71. The fourth-order valence-corrected chi connectivity index (χ4v) is 2.44. The van der Waals surface area contributed by atoms with Gasteiger partial charge in [0.15, 0.2) is 0 Å². The summed E-state index contributed by atoms with van der Waals surface area (Å²) in [6.07, 6.45) is -1.42. The summed E-state index contributed by atoms with van der Waals surface area (Å²) in [7, 11) is 0. The smallest absolute Gasteiger partial charge is 0.346 e. The molecule has 0 aliphatic carbocycles. The molecule has 0 fully saturated rings. The van der Waals surface area contributed by atoms with E-state index < -0.39 is 11.7 Å². The molecule has 0 amide bonds. The fourth-order valence-electron chi connectivity index (χ4n) is 2.44. The van der Waals surface area contributed by atoms with Crippen molar-refractivity contribution in [1.29, 1.82) is 0 Å². The van der Waals surface area contributed by atoms with E-state index in [1.165, 1.54) is 6.20 Å². The van der Waals surface area contributed by atoms with Gasteiger partial charge in [-0.05, 0) is 12.1 Å². The molecule has 2 aromatic rings. The molecular weight excluding hydrogens is 305 g/mol. The van der Waals surface area contributed by atoms with Crippen LogP contribution in [-0.2, 0) is 24.7 Å². The predicted molar refractivity (Wildman–Crippen MR) is 79.9 cm³/mol. The van der Waals surface area contributed by atoms with Crippen LogP contribution in [0.25, 0.3) is 0 Å². The Bertz CT molecular complexity index is 735. The largest absolute Gasteiger partial charge is 0.416 e. The van der Waals surface area contributed by atoms with E-state index in [2.05, 4.69) is 15.0 Å². The van der Waals surface area contributed by atoms with E-state index in [9.17, 15) is 13.2 Å². The molecule has 3 rings (SSSR count). The Balaban J connectivity index is 1.88.